The van der Waals surface area contributed by atoms with Crippen molar-refractivity contribution < 1.29 is 9.72 Å². The summed E-state index contributed by atoms with van der Waals surface area (Å²) in [5.41, 5.74) is 4.51. The molecule has 1 amide bonds. The number of nitrogen functional groups attached to an aromatic ring is 1. The number of nitro benzene ring substituents is 1. The zero-order chi connectivity index (χ0) is 15.4. The number of nitrogens with zero attached hydrogens (tertiary/aromatic N) is 1. The van der Waals surface area contributed by atoms with Gasteiger partial charge in [-0.1, -0.05) is 12.1 Å². The standard InChI is InChI=1S/C14H14N4O3/c1-9-5-6-12(13(7-9)17-15)14(19)16-10-3-2-4-11(8-10)18(20)21/h2-8,17H,15H2,1H3,(H,16,19). The highest BCUT2D eigenvalue weighted by Crippen LogP contribution is 2.21. The molecule has 2 rings (SSSR count). The summed E-state index contributed by atoms with van der Waals surface area (Å²) in [4.78, 5) is 22.4. The van der Waals surface area contributed by atoms with Gasteiger partial charge in [-0.05, 0) is 30.7 Å². The first-order valence-corrected chi connectivity index (χ1v) is 6.14. The normalized spacial score (nSPS) is 10.0. The van der Waals surface area contributed by atoms with Crippen LogP contribution in [0.15, 0.2) is 42.5 Å². The number of nitrogens with two attached hydrogens (primary N) is 1. The molecule has 0 spiro atoms. The van der Waals surface area contributed by atoms with Crippen LogP contribution in [0.1, 0.15) is 15.9 Å². The number of anilines is 2. The number of rotatable bonds is 4. The van der Waals surface area contributed by atoms with Crippen molar-refractivity contribution in [2.45, 2.75) is 6.92 Å². The number of carbonyl (C=O) groups is 1. The van der Waals surface area contributed by atoms with E-state index in [4.69, 9.17) is 5.84 Å². The molecule has 0 aliphatic carbocycles. The number of non-ortho nitro benzene ring substituents is 1. The maximum atomic E-state index is 12.2. The van der Waals surface area contributed by atoms with E-state index in [-0.39, 0.29) is 5.69 Å². The van der Waals surface area contributed by atoms with E-state index >= 15 is 0 Å². The molecule has 0 bridgehead atoms. The van der Waals surface area contributed by atoms with E-state index < -0.39 is 10.8 Å². The van der Waals surface area contributed by atoms with Gasteiger partial charge in [0.1, 0.15) is 0 Å². The Morgan fingerprint density at radius 2 is 2.00 bits per heavy atom. The fourth-order valence-corrected chi connectivity index (χ4v) is 1.87. The monoisotopic (exact) mass is 286 g/mol. The van der Waals surface area contributed by atoms with E-state index in [0.717, 1.165) is 5.56 Å². The number of aryl methyl sites for hydroxylation is 1. The minimum atomic E-state index is -0.519. The lowest BCUT2D eigenvalue weighted by Crippen LogP contribution is -2.17. The molecule has 0 saturated heterocycles. The summed E-state index contributed by atoms with van der Waals surface area (Å²) >= 11 is 0. The van der Waals surface area contributed by atoms with Crippen molar-refractivity contribution >= 4 is 23.0 Å². The molecule has 7 heteroatoms. The summed E-state index contributed by atoms with van der Waals surface area (Å²) in [7, 11) is 0. The summed E-state index contributed by atoms with van der Waals surface area (Å²) in [6, 6.07) is 10.9. The number of nitro groups is 1. The predicted octanol–water partition coefficient (Wildman–Crippen LogP) is 2.44. The van der Waals surface area contributed by atoms with Crippen LogP contribution >= 0.6 is 0 Å². The van der Waals surface area contributed by atoms with Crippen LogP contribution in [0, 0.1) is 17.0 Å². The topological polar surface area (TPSA) is 110 Å². The van der Waals surface area contributed by atoms with E-state index in [1.165, 1.54) is 18.2 Å². The van der Waals surface area contributed by atoms with Crippen LogP contribution < -0.4 is 16.6 Å². The van der Waals surface area contributed by atoms with Gasteiger partial charge in [0.25, 0.3) is 11.6 Å². The molecule has 0 aromatic heterocycles. The van der Waals surface area contributed by atoms with Crippen molar-refractivity contribution in [3.8, 4) is 0 Å². The molecular weight excluding hydrogens is 272 g/mol. The van der Waals surface area contributed by atoms with Gasteiger partial charge in [-0.25, -0.2) is 0 Å². The second kappa shape index (κ2) is 6.02. The van der Waals surface area contributed by atoms with Gasteiger partial charge in [0.05, 0.1) is 16.2 Å². The fourth-order valence-electron chi connectivity index (χ4n) is 1.87. The lowest BCUT2D eigenvalue weighted by Gasteiger charge is -2.10. The number of hydrazine groups is 1. The Labute approximate surface area is 120 Å². The van der Waals surface area contributed by atoms with E-state index in [0.29, 0.717) is 16.9 Å². The largest absolute Gasteiger partial charge is 0.323 e. The molecule has 0 atom stereocenters. The van der Waals surface area contributed by atoms with Crippen LogP contribution in [0.2, 0.25) is 0 Å². The van der Waals surface area contributed by atoms with Gasteiger partial charge < -0.3 is 10.7 Å². The molecule has 2 aromatic rings. The molecular formula is C14H14N4O3. The fraction of sp³-hybridized carbons (Fsp3) is 0.0714. The number of hydrogen-bond donors (Lipinski definition) is 3. The van der Waals surface area contributed by atoms with Crippen LogP contribution in [-0.4, -0.2) is 10.8 Å². The number of benzene rings is 2. The van der Waals surface area contributed by atoms with Crippen LogP contribution in [-0.2, 0) is 0 Å². The van der Waals surface area contributed by atoms with Crippen molar-refractivity contribution in [2.24, 2.45) is 5.84 Å². The molecule has 21 heavy (non-hydrogen) atoms. The van der Waals surface area contributed by atoms with Crippen LogP contribution in [0.5, 0.6) is 0 Å². The molecule has 2 aromatic carbocycles. The maximum Gasteiger partial charge on any atom is 0.271 e. The molecule has 0 radical (unpaired) electrons. The first kappa shape index (κ1) is 14.5. The van der Waals surface area contributed by atoms with Gasteiger partial charge in [-0.2, -0.15) is 0 Å². The Hall–Kier alpha value is -2.93. The molecule has 0 fully saturated rings. The maximum absolute atomic E-state index is 12.2. The Kier molecular flexibility index (Phi) is 4.15. The smallest absolute Gasteiger partial charge is 0.271 e. The van der Waals surface area contributed by atoms with Crippen LogP contribution in [0.25, 0.3) is 0 Å². The molecule has 0 heterocycles. The molecule has 0 saturated carbocycles. The summed E-state index contributed by atoms with van der Waals surface area (Å²) in [6.07, 6.45) is 0. The van der Waals surface area contributed by atoms with E-state index in [1.807, 2.05) is 6.92 Å². The summed E-state index contributed by atoms with van der Waals surface area (Å²) < 4.78 is 0. The molecule has 0 aliphatic rings. The highest BCUT2D eigenvalue weighted by Gasteiger charge is 2.13. The highest BCUT2D eigenvalue weighted by atomic mass is 16.6. The van der Waals surface area contributed by atoms with Gasteiger partial charge in [-0.15, -0.1) is 0 Å². The Morgan fingerprint density at radius 1 is 1.24 bits per heavy atom. The van der Waals surface area contributed by atoms with Crippen molar-refractivity contribution in [3.63, 3.8) is 0 Å². The van der Waals surface area contributed by atoms with E-state index in [2.05, 4.69) is 10.7 Å². The van der Waals surface area contributed by atoms with Gasteiger partial charge in [0.2, 0.25) is 0 Å². The zero-order valence-electron chi connectivity index (χ0n) is 11.3. The van der Waals surface area contributed by atoms with Gasteiger partial charge >= 0.3 is 0 Å². The first-order valence-electron chi connectivity index (χ1n) is 6.14. The molecule has 0 unspecified atom stereocenters. The van der Waals surface area contributed by atoms with Gasteiger partial charge in [0, 0.05) is 17.8 Å². The predicted molar refractivity (Wildman–Crippen MR) is 80.0 cm³/mol. The third-order valence-corrected chi connectivity index (χ3v) is 2.89. The Balaban J connectivity index is 2.26. The average Bonchev–Trinajstić information content (AvgIpc) is 2.47. The van der Waals surface area contributed by atoms with Crippen molar-refractivity contribution in [1.82, 2.24) is 0 Å². The van der Waals surface area contributed by atoms with Crippen molar-refractivity contribution in [3.05, 3.63) is 63.7 Å². The third kappa shape index (κ3) is 3.34. The number of amides is 1. The minimum Gasteiger partial charge on any atom is -0.323 e. The molecule has 4 N–H and O–H groups in total. The highest BCUT2D eigenvalue weighted by molar-refractivity contribution is 6.08. The Bertz CT molecular complexity index is 700. The van der Waals surface area contributed by atoms with Gasteiger partial charge in [-0.3, -0.25) is 20.8 Å². The summed E-state index contributed by atoms with van der Waals surface area (Å²) in [5.74, 6) is 5.00. The van der Waals surface area contributed by atoms with Crippen molar-refractivity contribution in [1.29, 1.82) is 0 Å². The van der Waals surface area contributed by atoms with E-state index in [9.17, 15) is 14.9 Å². The first-order chi connectivity index (χ1) is 10.0. The van der Waals surface area contributed by atoms with Gasteiger partial charge in [0.15, 0.2) is 0 Å². The minimum absolute atomic E-state index is 0.0890. The quantitative estimate of drug-likeness (QED) is 0.454. The van der Waals surface area contributed by atoms with Crippen molar-refractivity contribution in [2.75, 3.05) is 10.7 Å². The second-order valence-electron chi connectivity index (χ2n) is 4.45. The summed E-state index contributed by atoms with van der Waals surface area (Å²) in [6.45, 7) is 1.88. The molecule has 108 valence electrons. The molecule has 0 aliphatic heterocycles. The average molecular weight is 286 g/mol. The SMILES string of the molecule is Cc1ccc(C(=O)Nc2cccc([N+](=O)[O-])c2)c(NN)c1. The summed E-state index contributed by atoms with van der Waals surface area (Å²) in [5, 5.41) is 13.3. The zero-order valence-corrected chi connectivity index (χ0v) is 11.3. The number of nitrogens with one attached hydrogen (secondary N) is 2. The Morgan fingerprint density at radius 3 is 2.67 bits per heavy atom. The third-order valence-electron chi connectivity index (χ3n) is 2.89. The van der Waals surface area contributed by atoms with E-state index in [1.54, 1.807) is 24.3 Å². The lowest BCUT2D eigenvalue weighted by molar-refractivity contribution is -0.384. The van der Waals surface area contributed by atoms with Crippen LogP contribution in [0.4, 0.5) is 17.1 Å². The second-order valence-corrected chi connectivity index (χ2v) is 4.45. The number of hydrogen-bond acceptors (Lipinski definition) is 5. The molecule has 7 nitrogen and oxygen atoms in total. The number of carbonyl (C=O) groups excluding carboxylic acids is 1. The van der Waals surface area contributed by atoms with Crippen LogP contribution in [0.3, 0.4) is 0 Å². The lowest BCUT2D eigenvalue weighted by atomic mass is 10.1.